The third-order valence-electron chi connectivity index (χ3n) is 4.64. The van der Waals surface area contributed by atoms with Crippen LogP contribution in [-0.4, -0.2) is 28.5 Å². The van der Waals surface area contributed by atoms with Gasteiger partial charge in [-0.3, -0.25) is 4.79 Å². The van der Waals surface area contributed by atoms with Crippen LogP contribution in [-0.2, 0) is 11.2 Å². The Morgan fingerprint density at radius 1 is 1.24 bits per heavy atom. The third kappa shape index (κ3) is 2.67. The summed E-state index contributed by atoms with van der Waals surface area (Å²) >= 11 is 0. The van der Waals surface area contributed by atoms with E-state index in [0.29, 0.717) is 35.2 Å². The Bertz CT molecular complexity index is 1020. The van der Waals surface area contributed by atoms with E-state index in [1.807, 2.05) is 11.0 Å². The Morgan fingerprint density at radius 3 is 2.88 bits per heavy atom. The second-order valence-corrected chi connectivity index (χ2v) is 6.19. The van der Waals surface area contributed by atoms with Crippen molar-refractivity contribution < 1.29 is 9.18 Å². The van der Waals surface area contributed by atoms with Crippen LogP contribution in [0.3, 0.4) is 0 Å². The Kier molecular flexibility index (Phi) is 3.56. The van der Waals surface area contributed by atoms with E-state index in [-0.39, 0.29) is 17.4 Å². The number of anilines is 2. The molecule has 0 saturated heterocycles. The van der Waals surface area contributed by atoms with E-state index >= 15 is 0 Å². The zero-order valence-corrected chi connectivity index (χ0v) is 13.6. The molecule has 1 aliphatic rings. The molecule has 6 nitrogen and oxygen atoms in total. The first-order chi connectivity index (χ1) is 12.0. The average Bonchev–Trinajstić information content (AvgIpc) is 3.17. The summed E-state index contributed by atoms with van der Waals surface area (Å²) in [6.45, 7) is 2.40. The zero-order chi connectivity index (χ0) is 17.6. The van der Waals surface area contributed by atoms with Crippen LogP contribution in [0.2, 0.25) is 0 Å². The highest BCUT2D eigenvalue weighted by Gasteiger charge is 2.29. The maximum absolute atomic E-state index is 13.9. The van der Waals surface area contributed by atoms with Gasteiger partial charge in [0.1, 0.15) is 11.9 Å². The van der Waals surface area contributed by atoms with Crippen LogP contribution in [0.5, 0.6) is 0 Å². The molecule has 0 radical (unpaired) electrons. The lowest BCUT2D eigenvalue weighted by molar-refractivity contribution is -0.117. The summed E-state index contributed by atoms with van der Waals surface area (Å²) in [5.74, 6) is -0.413. The van der Waals surface area contributed by atoms with Crippen molar-refractivity contribution in [1.82, 2.24) is 9.97 Å². The topological polar surface area (TPSA) is 81.0 Å². The first kappa shape index (κ1) is 15.4. The van der Waals surface area contributed by atoms with Crippen LogP contribution in [0.1, 0.15) is 12.5 Å². The number of rotatable bonds is 3. The van der Waals surface area contributed by atoms with Crippen LogP contribution < -0.4 is 15.9 Å². The van der Waals surface area contributed by atoms with Gasteiger partial charge in [-0.25, -0.2) is 9.18 Å². The molecular weight excluding hydrogens is 323 g/mol. The second-order valence-electron chi connectivity index (χ2n) is 6.19. The average molecular weight is 340 g/mol. The third-order valence-corrected chi connectivity index (χ3v) is 4.64. The molecule has 2 aromatic carbocycles. The van der Waals surface area contributed by atoms with Gasteiger partial charge in [-0.2, -0.15) is 0 Å². The predicted molar refractivity (Wildman–Crippen MR) is 94.5 cm³/mol. The monoisotopic (exact) mass is 340 g/mol. The Morgan fingerprint density at radius 2 is 2.04 bits per heavy atom. The van der Waals surface area contributed by atoms with Crippen molar-refractivity contribution in [2.24, 2.45) is 0 Å². The lowest BCUT2D eigenvalue weighted by atomic mass is 10.1. The fourth-order valence-corrected chi connectivity index (χ4v) is 3.32. The van der Waals surface area contributed by atoms with Crippen molar-refractivity contribution >= 4 is 28.3 Å². The quantitative estimate of drug-likeness (QED) is 0.685. The van der Waals surface area contributed by atoms with E-state index in [2.05, 4.69) is 15.3 Å². The number of amides is 1. The number of hydrogen-bond acceptors (Lipinski definition) is 3. The van der Waals surface area contributed by atoms with Crippen LogP contribution in [0.15, 0.2) is 41.2 Å². The maximum atomic E-state index is 13.9. The molecule has 128 valence electrons. The normalized spacial score (nSPS) is 14.6. The molecule has 0 bridgehead atoms. The molecule has 0 aliphatic carbocycles. The molecule has 2 heterocycles. The highest BCUT2D eigenvalue weighted by Crippen LogP contribution is 2.31. The molecule has 1 atom stereocenters. The van der Waals surface area contributed by atoms with Gasteiger partial charge in [-0.15, -0.1) is 0 Å². The number of carbonyl (C=O) groups is 1. The minimum atomic E-state index is -0.441. The molecule has 1 aliphatic heterocycles. The van der Waals surface area contributed by atoms with Crippen molar-refractivity contribution in [2.75, 3.05) is 16.8 Å². The van der Waals surface area contributed by atoms with Crippen LogP contribution >= 0.6 is 0 Å². The molecule has 3 aromatic rings. The van der Waals surface area contributed by atoms with Crippen LogP contribution in [0.25, 0.3) is 11.0 Å². The predicted octanol–water partition coefficient (Wildman–Crippen LogP) is 2.38. The SMILES string of the molecule is C[C@H](C(=O)Nc1ccc2[nH]c(=O)[nH]c2c1)N1CCc2c(F)cccc21. The molecule has 3 N–H and O–H groups in total. The molecule has 1 aromatic heterocycles. The summed E-state index contributed by atoms with van der Waals surface area (Å²) in [6, 6.07) is 9.67. The molecular formula is C18H17FN4O2. The van der Waals surface area contributed by atoms with Crippen molar-refractivity contribution in [1.29, 1.82) is 0 Å². The number of carbonyl (C=O) groups excluding carboxylic acids is 1. The van der Waals surface area contributed by atoms with E-state index in [0.717, 1.165) is 5.69 Å². The zero-order valence-electron chi connectivity index (χ0n) is 13.6. The van der Waals surface area contributed by atoms with Gasteiger partial charge in [0.2, 0.25) is 5.91 Å². The number of nitrogens with one attached hydrogen (secondary N) is 3. The number of nitrogens with zero attached hydrogens (tertiary/aromatic N) is 1. The molecule has 0 spiro atoms. The van der Waals surface area contributed by atoms with Gasteiger partial charge in [-0.05, 0) is 43.7 Å². The maximum Gasteiger partial charge on any atom is 0.323 e. The van der Waals surface area contributed by atoms with E-state index in [9.17, 15) is 14.0 Å². The van der Waals surface area contributed by atoms with Crippen molar-refractivity contribution in [2.45, 2.75) is 19.4 Å². The Hall–Kier alpha value is -3.09. The fourth-order valence-electron chi connectivity index (χ4n) is 3.32. The Balaban J connectivity index is 1.55. The minimum absolute atomic E-state index is 0.186. The van der Waals surface area contributed by atoms with Crippen LogP contribution in [0, 0.1) is 5.82 Å². The molecule has 0 saturated carbocycles. The van der Waals surface area contributed by atoms with Gasteiger partial charge in [0.25, 0.3) is 0 Å². The van der Waals surface area contributed by atoms with Crippen LogP contribution in [0.4, 0.5) is 15.8 Å². The van der Waals surface area contributed by atoms with Gasteiger partial charge in [0, 0.05) is 23.5 Å². The summed E-state index contributed by atoms with van der Waals surface area (Å²) in [7, 11) is 0. The van der Waals surface area contributed by atoms with Crippen molar-refractivity contribution in [3.63, 3.8) is 0 Å². The lowest BCUT2D eigenvalue weighted by Crippen LogP contribution is -2.41. The van der Waals surface area contributed by atoms with E-state index in [1.165, 1.54) is 6.07 Å². The van der Waals surface area contributed by atoms with E-state index in [1.54, 1.807) is 31.2 Å². The number of hydrogen-bond donors (Lipinski definition) is 3. The molecule has 25 heavy (non-hydrogen) atoms. The standard InChI is InChI=1S/C18H17FN4O2/c1-10(23-8-7-12-13(19)3-2-4-16(12)23)17(24)20-11-5-6-14-15(9-11)22-18(25)21-14/h2-6,9-10H,7-8H2,1H3,(H,20,24)(H2,21,22,25)/t10-/m1/s1. The summed E-state index contributed by atoms with van der Waals surface area (Å²) in [5.41, 5.74) is 3.05. The number of fused-ring (bicyclic) bond motifs is 2. The van der Waals surface area contributed by atoms with Gasteiger partial charge < -0.3 is 20.2 Å². The van der Waals surface area contributed by atoms with Gasteiger partial charge in [0.15, 0.2) is 0 Å². The summed E-state index contributed by atoms with van der Waals surface area (Å²) in [4.78, 5) is 31.1. The second kappa shape index (κ2) is 5.77. The summed E-state index contributed by atoms with van der Waals surface area (Å²) in [6.07, 6.45) is 0.593. The number of halogens is 1. The highest BCUT2D eigenvalue weighted by atomic mass is 19.1. The summed E-state index contributed by atoms with van der Waals surface area (Å²) < 4.78 is 13.9. The smallest absolute Gasteiger partial charge is 0.323 e. The fraction of sp³-hybridized carbons (Fsp3) is 0.222. The van der Waals surface area contributed by atoms with Gasteiger partial charge in [0.05, 0.1) is 11.0 Å². The summed E-state index contributed by atoms with van der Waals surface area (Å²) in [5, 5.41) is 2.86. The molecule has 0 fully saturated rings. The minimum Gasteiger partial charge on any atom is -0.359 e. The van der Waals surface area contributed by atoms with Gasteiger partial charge in [-0.1, -0.05) is 6.07 Å². The lowest BCUT2D eigenvalue weighted by Gasteiger charge is -2.26. The number of benzene rings is 2. The molecule has 1 amide bonds. The number of aromatic amines is 2. The molecule has 7 heteroatoms. The largest absolute Gasteiger partial charge is 0.359 e. The van der Waals surface area contributed by atoms with E-state index in [4.69, 9.17) is 0 Å². The highest BCUT2D eigenvalue weighted by molar-refractivity contribution is 5.98. The van der Waals surface area contributed by atoms with E-state index < -0.39 is 6.04 Å². The van der Waals surface area contributed by atoms with Crippen molar-refractivity contribution in [3.8, 4) is 0 Å². The molecule has 0 unspecified atom stereocenters. The first-order valence-corrected chi connectivity index (χ1v) is 8.10. The first-order valence-electron chi connectivity index (χ1n) is 8.10. The number of H-pyrrole nitrogens is 2. The van der Waals surface area contributed by atoms with Gasteiger partial charge >= 0.3 is 5.69 Å². The van der Waals surface area contributed by atoms with Crippen molar-refractivity contribution in [3.05, 3.63) is 58.3 Å². The number of imidazole rings is 1. The number of aromatic nitrogens is 2. The Labute approximate surface area is 142 Å². The molecule has 4 rings (SSSR count).